The van der Waals surface area contributed by atoms with Gasteiger partial charge in [0.05, 0.1) is 5.54 Å². The third kappa shape index (κ3) is 3.53. The molecule has 6 heteroatoms. The summed E-state index contributed by atoms with van der Waals surface area (Å²) in [6, 6.07) is 0. The lowest BCUT2D eigenvalue weighted by Gasteiger charge is -2.34. The average molecular weight is 266 g/mol. The van der Waals surface area contributed by atoms with E-state index in [1.165, 1.54) is 0 Å². The van der Waals surface area contributed by atoms with E-state index >= 15 is 0 Å². The zero-order chi connectivity index (χ0) is 13.9. The summed E-state index contributed by atoms with van der Waals surface area (Å²) in [5.74, 6) is 1.56. The van der Waals surface area contributed by atoms with Gasteiger partial charge in [0.25, 0.3) is 0 Å². The molecule has 0 aromatic carbocycles. The number of carbonyl (C=O) groups is 1. The highest BCUT2D eigenvalue weighted by Crippen LogP contribution is 2.36. The van der Waals surface area contributed by atoms with E-state index in [-0.39, 0.29) is 11.4 Å². The lowest BCUT2D eigenvalue weighted by molar-refractivity contribution is -0.121. The molecule has 1 saturated carbocycles. The fourth-order valence-corrected chi connectivity index (χ4v) is 2.09. The highest BCUT2D eigenvalue weighted by molar-refractivity contribution is 5.75. The average Bonchev–Trinajstić information content (AvgIpc) is 2.74. The van der Waals surface area contributed by atoms with Gasteiger partial charge in [-0.25, -0.2) is 0 Å². The van der Waals surface area contributed by atoms with Gasteiger partial charge in [-0.1, -0.05) is 19.0 Å². The van der Waals surface area contributed by atoms with Crippen molar-refractivity contribution in [1.82, 2.24) is 15.5 Å². The van der Waals surface area contributed by atoms with Crippen molar-refractivity contribution in [2.24, 2.45) is 11.7 Å². The molecule has 6 nitrogen and oxygen atoms in total. The molecule has 1 heterocycles. The van der Waals surface area contributed by atoms with E-state index in [2.05, 4.69) is 15.5 Å². The van der Waals surface area contributed by atoms with Gasteiger partial charge in [-0.3, -0.25) is 4.79 Å². The number of nitrogens with zero attached hydrogens (tertiary/aromatic N) is 2. The van der Waals surface area contributed by atoms with E-state index in [9.17, 15) is 4.79 Å². The molecule has 2 rings (SSSR count). The van der Waals surface area contributed by atoms with Crippen LogP contribution in [0.15, 0.2) is 4.52 Å². The van der Waals surface area contributed by atoms with Crippen molar-refractivity contribution < 1.29 is 9.32 Å². The van der Waals surface area contributed by atoms with Crippen LogP contribution in [-0.2, 0) is 16.8 Å². The molecule has 19 heavy (non-hydrogen) atoms. The van der Waals surface area contributed by atoms with Crippen molar-refractivity contribution in [3.05, 3.63) is 11.7 Å². The van der Waals surface area contributed by atoms with Gasteiger partial charge in [0.15, 0.2) is 5.82 Å². The number of amides is 1. The topological polar surface area (TPSA) is 94.0 Å². The van der Waals surface area contributed by atoms with Gasteiger partial charge in [-0.2, -0.15) is 4.98 Å². The Morgan fingerprint density at radius 3 is 2.84 bits per heavy atom. The molecule has 1 aromatic rings. The predicted octanol–water partition coefficient (Wildman–Crippen LogP) is 1.11. The van der Waals surface area contributed by atoms with Crippen LogP contribution in [-0.4, -0.2) is 22.6 Å². The number of nitrogens with one attached hydrogen (secondary N) is 1. The maximum absolute atomic E-state index is 11.5. The molecule has 0 bridgehead atoms. The second-order valence-corrected chi connectivity index (χ2v) is 5.72. The van der Waals surface area contributed by atoms with Crippen molar-refractivity contribution >= 4 is 5.91 Å². The number of rotatable bonds is 6. The summed E-state index contributed by atoms with van der Waals surface area (Å²) in [6.45, 7) is 4.55. The lowest BCUT2D eigenvalue weighted by atomic mass is 9.77. The first kappa shape index (κ1) is 14.0. The Morgan fingerprint density at radius 2 is 2.26 bits per heavy atom. The Labute approximate surface area is 113 Å². The summed E-state index contributed by atoms with van der Waals surface area (Å²) in [5.41, 5.74) is 5.73. The minimum absolute atomic E-state index is 0.0593. The summed E-state index contributed by atoms with van der Waals surface area (Å²) in [7, 11) is 0. The zero-order valence-corrected chi connectivity index (χ0v) is 11.6. The van der Waals surface area contributed by atoms with Crippen LogP contribution in [0.4, 0.5) is 0 Å². The normalized spacial score (nSPS) is 17.3. The van der Waals surface area contributed by atoms with Crippen LogP contribution in [0.5, 0.6) is 0 Å². The predicted molar refractivity (Wildman–Crippen MR) is 70.2 cm³/mol. The molecule has 1 aromatic heterocycles. The molecule has 1 aliphatic rings. The summed E-state index contributed by atoms with van der Waals surface area (Å²) >= 11 is 0. The maximum atomic E-state index is 11.5. The molecule has 0 atom stereocenters. The van der Waals surface area contributed by atoms with E-state index < -0.39 is 0 Å². The number of carbonyl (C=O) groups excluding carboxylic acids is 1. The first-order valence-electron chi connectivity index (χ1n) is 6.88. The van der Waals surface area contributed by atoms with Gasteiger partial charge >= 0.3 is 0 Å². The zero-order valence-electron chi connectivity index (χ0n) is 11.6. The molecular weight excluding hydrogens is 244 g/mol. The second-order valence-electron chi connectivity index (χ2n) is 5.72. The summed E-state index contributed by atoms with van der Waals surface area (Å²) in [5, 5.41) is 6.77. The van der Waals surface area contributed by atoms with Crippen molar-refractivity contribution in [1.29, 1.82) is 0 Å². The Bertz CT molecular complexity index is 438. The fraction of sp³-hybridized carbons (Fsp3) is 0.769. The fourth-order valence-electron chi connectivity index (χ4n) is 2.09. The smallest absolute Gasteiger partial charge is 0.228 e. The monoisotopic (exact) mass is 266 g/mol. The van der Waals surface area contributed by atoms with Crippen molar-refractivity contribution in [3.8, 4) is 0 Å². The van der Waals surface area contributed by atoms with E-state index in [1.807, 2.05) is 13.8 Å². The number of hydrogen-bond acceptors (Lipinski definition) is 5. The molecule has 0 radical (unpaired) electrons. The molecule has 1 aliphatic carbocycles. The first-order chi connectivity index (χ1) is 8.99. The molecule has 0 saturated heterocycles. The Kier molecular flexibility index (Phi) is 4.19. The standard InChI is InChI=1S/C13H22N4O2/c1-9(2)8-10(18)15-7-4-11-16-12(17-19-11)13(14)5-3-6-13/h9H,3-8,14H2,1-2H3,(H,15,18). The summed E-state index contributed by atoms with van der Waals surface area (Å²) < 4.78 is 5.16. The van der Waals surface area contributed by atoms with Gasteiger partial charge in [-0.05, 0) is 25.2 Å². The van der Waals surface area contributed by atoms with Crippen LogP contribution in [0.25, 0.3) is 0 Å². The van der Waals surface area contributed by atoms with Gasteiger partial charge in [0, 0.05) is 19.4 Å². The molecule has 106 valence electrons. The number of hydrogen-bond donors (Lipinski definition) is 2. The minimum atomic E-state index is -0.386. The minimum Gasteiger partial charge on any atom is -0.356 e. The molecule has 0 unspecified atom stereocenters. The molecular formula is C13H22N4O2. The van der Waals surface area contributed by atoms with Gasteiger partial charge in [0.2, 0.25) is 11.8 Å². The first-order valence-corrected chi connectivity index (χ1v) is 6.88. The Morgan fingerprint density at radius 1 is 1.53 bits per heavy atom. The van der Waals surface area contributed by atoms with E-state index in [0.29, 0.717) is 37.0 Å². The van der Waals surface area contributed by atoms with Crippen LogP contribution >= 0.6 is 0 Å². The molecule has 3 N–H and O–H groups in total. The summed E-state index contributed by atoms with van der Waals surface area (Å²) in [6.07, 6.45) is 4.04. The quantitative estimate of drug-likeness (QED) is 0.804. The van der Waals surface area contributed by atoms with Gasteiger partial charge < -0.3 is 15.6 Å². The Hall–Kier alpha value is -1.43. The summed E-state index contributed by atoms with van der Waals surface area (Å²) in [4.78, 5) is 15.8. The van der Waals surface area contributed by atoms with Crippen LogP contribution in [0, 0.1) is 5.92 Å². The highest BCUT2D eigenvalue weighted by Gasteiger charge is 2.38. The maximum Gasteiger partial charge on any atom is 0.228 e. The van der Waals surface area contributed by atoms with Crippen molar-refractivity contribution in [3.63, 3.8) is 0 Å². The van der Waals surface area contributed by atoms with E-state index in [0.717, 1.165) is 19.3 Å². The molecule has 0 aliphatic heterocycles. The number of nitrogens with two attached hydrogens (primary N) is 1. The molecule has 0 spiro atoms. The third-order valence-electron chi connectivity index (χ3n) is 3.41. The van der Waals surface area contributed by atoms with Crippen molar-refractivity contribution in [2.75, 3.05) is 6.54 Å². The molecule has 1 amide bonds. The Balaban J connectivity index is 1.76. The lowest BCUT2D eigenvalue weighted by Crippen LogP contribution is -2.44. The van der Waals surface area contributed by atoms with Gasteiger partial charge in [0.1, 0.15) is 0 Å². The van der Waals surface area contributed by atoms with Crippen LogP contribution in [0.3, 0.4) is 0 Å². The SMILES string of the molecule is CC(C)CC(=O)NCCc1nc(C2(N)CCC2)no1. The van der Waals surface area contributed by atoms with E-state index in [4.69, 9.17) is 10.3 Å². The second kappa shape index (κ2) is 5.69. The van der Waals surface area contributed by atoms with Gasteiger partial charge in [-0.15, -0.1) is 0 Å². The number of aromatic nitrogens is 2. The molecule has 1 fully saturated rings. The van der Waals surface area contributed by atoms with Crippen molar-refractivity contribution in [2.45, 2.75) is 51.5 Å². The van der Waals surface area contributed by atoms with Crippen LogP contribution < -0.4 is 11.1 Å². The highest BCUT2D eigenvalue weighted by atomic mass is 16.5. The largest absolute Gasteiger partial charge is 0.356 e. The van der Waals surface area contributed by atoms with Crippen LogP contribution in [0.1, 0.15) is 51.2 Å². The third-order valence-corrected chi connectivity index (χ3v) is 3.41. The van der Waals surface area contributed by atoms with Crippen LogP contribution in [0.2, 0.25) is 0 Å². The van der Waals surface area contributed by atoms with E-state index in [1.54, 1.807) is 0 Å².